The summed E-state index contributed by atoms with van der Waals surface area (Å²) in [6.07, 6.45) is 9.13. The number of ether oxygens (including phenoxy) is 3. The molecule has 1 aromatic carbocycles. The van der Waals surface area contributed by atoms with E-state index in [1.54, 1.807) is 0 Å². The van der Waals surface area contributed by atoms with Gasteiger partial charge in [-0.05, 0) is 38.5 Å². The lowest BCUT2D eigenvalue weighted by atomic mass is 9.75. The van der Waals surface area contributed by atoms with Gasteiger partial charge in [-0.3, -0.25) is 14.4 Å². The number of halogens is 5. The van der Waals surface area contributed by atoms with E-state index < -0.39 is 47.2 Å². The van der Waals surface area contributed by atoms with E-state index >= 15 is 0 Å². The molecule has 40 heavy (non-hydrogen) atoms. The third-order valence-corrected chi connectivity index (χ3v) is 7.51. The van der Waals surface area contributed by atoms with Crippen LogP contribution < -0.4 is 10.1 Å². The van der Waals surface area contributed by atoms with Gasteiger partial charge in [-0.15, -0.1) is 0 Å². The van der Waals surface area contributed by atoms with Crippen LogP contribution >= 0.6 is 0 Å². The molecule has 1 N–H and O–H groups in total. The molecule has 1 aromatic rings. The number of carbonyl (C=O) groups excluding carboxylic acids is 3. The quantitative estimate of drug-likeness (QED) is 0.0662. The van der Waals surface area contributed by atoms with E-state index in [9.17, 15) is 36.3 Å². The first-order valence-corrected chi connectivity index (χ1v) is 13.9. The zero-order chi connectivity index (χ0) is 29.1. The molecule has 2 fully saturated rings. The molecule has 0 unspecified atom stereocenters. The van der Waals surface area contributed by atoms with Crippen LogP contribution in [0.15, 0.2) is 0 Å². The summed E-state index contributed by atoms with van der Waals surface area (Å²) in [6.45, 7) is 0.487. The second kappa shape index (κ2) is 16.0. The van der Waals surface area contributed by atoms with Crippen LogP contribution in [0.5, 0.6) is 5.75 Å². The molecule has 0 bridgehead atoms. The lowest BCUT2D eigenvalue weighted by molar-refractivity contribution is -0.136. The fourth-order valence-corrected chi connectivity index (χ4v) is 5.24. The van der Waals surface area contributed by atoms with Gasteiger partial charge in [0.1, 0.15) is 5.78 Å². The molecule has 0 saturated heterocycles. The predicted molar refractivity (Wildman–Crippen MR) is 133 cm³/mol. The van der Waals surface area contributed by atoms with Crippen LogP contribution in [-0.4, -0.2) is 50.6 Å². The Morgan fingerprint density at radius 3 is 1.73 bits per heavy atom. The molecule has 3 rings (SSSR count). The van der Waals surface area contributed by atoms with Gasteiger partial charge in [-0.2, -0.15) is 8.78 Å². The first-order valence-electron chi connectivity index (χ1n) is 13.9. The maximum Gasteiger partial charge on any atom is 0.313 e. The van der Waals surface area contributed by atoms with Crippen molar-refractivity contribution in [3.05, 3.63) is 29.1 Å². The second-order valence-corrected chi connectivity index (χ2v) is 10.3. The number of hydrogen-bond acceptors (Lipinski definition) is 6. The van der Waals surface area contributed by atoms with E-state index in [2.05, 4.69) is 10.1 Å². The van der Waals surface area contributed by atoms with Gasteiger partial charge in [-0.25, -0.2) is 13.2 Å². The molecule has 12 heteroatoms. The largest absolute Gasteiger partial charge is 0.420 e. The van der Waals surface area contributed by atoms with E-state index in [-0.39, 0.29) is 50.1 Å². The molecule has 0 aliphatic heterocycles. The number of Topliss-reactive ketones (excluding diaryl/α,β-unsaturated/α-hetero) is 1. The fourth-order valence-electron chi connectivity index (χ4n) is 5.24. The minimum Gasteiger partial charge on any atom is -0.420 e. The molecule has 224 valence electrons. The van der Waals surface area contributed by atoms with Gasteiger partial charge in [0, 0.05) is 24.3 Å². The Hall–Kier alpha value is -2.60. The average molecular weight is 578 g/mol. The minimum atomic E-state index is -2.35. The van der Waals surface area contributed by atoms with Gasteiger partial charge in [0.05, 0.1) is 32.8 Å². The topological polar surface area (TPSA) is 90.9 Å². The number of amides is 1. The van der Waals surface area contributed by atoms with Crippen molar-refractivity contribution in [2.24, 2.45) is 17.8 Å². The van der Waals surface area contributed by atoms with Crippen molar-refractivity contribution in [3.63, 3.8) is 0 Å². The number of rotatable bonds is 13. The SMILES string of the molecule is O=C(CCOCCOCCNC(=O)C1CCC(C(=O)C2CCCCCC2)CC1)Oc1c(F)c(F)c(F)c(F)c1F. The van der Waals surface area contributed by atoms with Gasteiger partial charge in [0.2, 0.25) is 40.7 Å². The Morgan fingerprint density at radius 2 is 1.12 bits per heavy atom. The maximum atomic E-state index is 13.5. The first kappa shape index (κ1) is 31.9. The Labute approximate surface area is 230 Å². The number of carbonyl (C=O) groups is 3. The van der Waals surface area contributed by atoms with Crippen LogP contribution in [0.4, 0.5) is 22.0 Å². The summed E-state index contributed by atoms with van der Waals surface area (Å²) in [5, 5.41) is 2.84. The van der Waals surface area contributed by atoms with Gasteiger partial charge in [0.25, 0.3) is 0 Å². The van der Waals surface area contributed by atoms with Crippen LogP contribution in [0.2, 0.25) is 0 Å². The standard InChI is InChI=1S/C28H36F5NO6/c29-21-22(30)24(32)27(25(33)23(21)31)40-20(35)11-13-38-15-16-39-14-12-34-28(37)19-9-7-18(8-10-19)26(36)17-5-3-1-2-4-6-17/h17-19H,1-16H2,(H,34,37). The van der Waals surface area contributed by atoms with Crippen molar-refractivity contribution in [2.75, 3.05) is 33.0 Å². The third kappa shape index (κ3) is 8.95. The first-order chi connectivity index (χ1) is 19.2. The summed E-state index contributed by atoms with van der Waals surface area (Å²) in [5.74, 6) is -13.6. The highest BCUT2D eigenvalue weighted by Gasteiger charge is 2.33. The fraction of sp³-hybridized carbons (Fsp3) is 0.679. The average Bonchev–Trinajstić information content (AvgIpc) is 3.26. The van der Waals surface area contributed by atoms with E-state index in [0.717, 1.165) is 38.5 Å². The van der Waals surface area contributed by atoms with Crippen molar-refractivity contribution in [2.45, 2.75) is 70.6 Å². The van der Waals surface area contributed by atoms with Crippen LogP contribution in [0, 0.1) is 46.8 Å². The smallest absolute Gasteiger partial charge is 0.313 e. The molecule has 1 amide bonds. The zero-order valence-corrected chi connectivity index (χ0v) is 22.4. The third-order valence-electron chi connectivity index (χ3n) is 7.51. The molecule has 2 aliphatic carbocycles. The van der Waals surface area contributed by atoms with Crippen molar-refractivity contribution in [1.82, 2.24) is 5.32 Å². The number of benzene rings is 1. The number of ketones is 1. The van der Waals surface area contributed by atoms with Crippen LogP contribution in [0.1, 0.15) is 70.6 Å². The van der Waals surface area contributed by atoms with E-state index in [1.165, 1.54) is 12.8 Å². The summed E-state index contributed by atoms with van der Waals surface area (Å²) in [4.78, 5) is 37.0. The van der Waals surface area contributed by atoms with E-state index in [4.69, 9.17) is 9.47 Å². The monoisotopic (exact) mass is 577 g/mol. The van der Waals surface area contributed by atoms with Gasteiger partial charge in [0.15, 0.2) is 0 Å². The van der Waals surface area contributed by atoms with E-state index in [0.29, 0.717) is 25.2 Å². The second-order valence-electron chi connectivity index (χ2n) is 10.3. The molecule has 0 spiro atoms. The molecular formula is C28H36F5NO6. The Bertz CT molecular complexity index is 994. The predicted octanol–water partition coefficient (Wildman–Crippen LogP) is 5.17. The molecule has 0 radical (unpaired) electrons. The molecule has 0 aromatic heterocycles. The highest BCUT2D eigenvalue weighted by atomic mass is 19.2. The minimum absolute atomic E-state index is 0.0486. The maximum absolute atomic E-state index is 13.5. The highest BCUT2D eigenvalue weighted by Crippen LogP contribution is 2.34. The van der Waals surface area contributed by atoms with Crippen molar-refractivity contribution in [1.29, 1.82) is 0 Å². The molecule has 2 aliphatic rings. The number of hydrogen-bond donors (Lipinski definition) is 1. The number of nitrogens with one attached hydrogen (secondary N) is 1. The van der Waals surface area contributed by atoms with Crippen molar-refractivity contribution in [3.8, 4) is 5.75 Å². The van der Waals surface area contributed by atoms with Crippen molar-refractivity contribution < 1.29 is 50.5 Å². The van der Waals surface area contributed by atoms with Crippen LogP contribution in [-0.2, 0) is 23.9 Å². The van der Waals surface area contributed by atoms with Crippen LogP contribution in [0.3, 0.4) is 0 Å². The number of esters is 1. The Morgan fingerprint density at radius 1 is 0.625 bits per heavy atom. The summed E-state index contributed by atoms with van der Waals surface area (Å²) in [6, 6.07) is 0. The van der Waals surface area contributed by atoms with E-state index in [1.807, 2.05) is 0 Å². The Balaban J connectivity index is 1.21. The van der Waals surface area contributed by atoms with Crippen LogP contribution in [0.25, 0.3) is 0 Å². The van der Waals surface area contributed by atoms with Gasteiger partial charge >= 0.3 is 5.97 Å². The van der Waals surface area contributed by atoms with Gasteiger partial charge < -0.3 is 19.5 Å². The normalized spacial score (nSPS) is 20.1. The molecule has 7 nitrogen and oxygen atoms in total. The molecule has 0 heterocycles. The summed E-state index contributed by atoms with van der Waals surface area (Å²) in [5.41, 5.74) is 0. The van der Waals surface area contributed by atoms with Gasteiger partial charge in [-0.1, -0.05) is 25.7 Å². The Kier molecular flexibility index (Phi) is 12.8. The summed E-state index contributed by atoms with van der Waals surface area (Å²) in [7, 11) is 0. The highest BCUT2D eigenvalue weighted by molar-refractivity contribution is 5.84. The molecule has 0 atom stereocenters. The molecular weight excluding hydrogens is 541 g/mol. The van der Waals surface area contributed by atoms with Crippen molar-refractivity contribution >= 4 is 17.7 Å². The summed E-state index contributed by atoms with van der Waals surface area (Å²) >= 11 is 0. The lowest BCUT2D eigenvalue weighted by Gasteiger charge is -2.29. The molecule has 2 saturated carbocycles. The zero-order valence-electron chi connectivity index (χ0n) is 22.4. The lowest BCUT2D eigenvalue weighted by Crippen LogP contribution is -2.37. The summed E-state index contributed by atoms with van der Waals surface area (Å²) < 4.78 is 81.2.